The molecule has 27 nitrogen and oxygen atoms in total. The van der Waals surface area contributed by atoms with Crippen LogP contribution in [0.15, 0.2) is 128 Å². The highest BCUT2D eigenvalue weighted by molar-refractivity contribution is 7.87. The summed E-state index contributed by atoms with van der Waals surface area (Å²) in [7, 11) is -23.0. The molecule has 0 fully saturated rings. The molecular weight excluding hydrogens is 1300 g/mol. The van der Waals surface area contributed by atoms with Gasteiger partial charge in [-0.3, -0.25) is 19.3 Å². The number of allylic oxidation sites excluding steroid dienone is 8. The van der Waals surface area contributed by atoms with Gasteiger partial charge in [0.1, 0.15) is 47.0 Å². The monoisotopic (exact) mass is 1370 g/mol. The van der Waals surface area contributed by atoms with Crippen molar-refractivity contribution < 1.29 is 107 Å². The van der Waals surface area contributed by atoms with Crippen LogP contribution in [-0.4, -0.2) is 197 Å². The van der Waals surface area contributed by atoms with Crippen molar-refractivity contribution in [3.05, 3.63) is 120 Å². The summed E-state index contributed by atoms with van der Waals surface area (Å²) in [6.45, 7) is 5.42. The summed E-state index contributed by atoms with van der Waals surface area (Å²) in [5, 5.41) is 2.24. The maximum atomic E-state index is 12.9. The largest absolute Gasteiger partial charge is 0.748 e. The van der Waals surface area contributed by atoms with Crippen molar-refractivity contribution in [2.45, 2.75) is 89.2 Å². The topological polar surface area (TPSA) is 405 Å². The fraction of sp³-hybridized carbons (Fsp3) is 0.433. The fourth-order valence-corrected chi connectivity index (χ4v) is 14.7. The van der Waals surface area contributed by atoms with Crippen LogP contribution in [-0.2, 0) is 99.5 Å². The molecule has 2 atom stereocenters. The van der Waals surface area contributed by atoms with Gasteiger partial charge in [0.25, 0.3) is 11.8 Å². The summed E-state index contributed by atoms with van der Waals surface area (Å²) < 4.78 is 218. The predicted molar refractivity (Wildman–Crippen MR) is 329 cm³/mol. The van der Waals surface area contributed by atoms with E-state index < -0.39 is 98.6 Å². The van der Waals surface area contributed by atoms with Crippen LogP contribution < -0.4 is 10.2 Å². The van der Waals surface area contributed by atoms with Gasteiger partial charge < -0.3 is 56.7 Å². The number of carbonyl (C=O) groups excluding carboxylic acids is 3. The van der Waals surface area contributed by atoms with Gasteiger partial charge in [0.2, 0.25) is 11.6 Å². The lowest BCUT2D eigenvalue weighted by atomic mass is 9.75. The second kappa shape index (κ2) is 30.7. The number of imide groups is 1. The summed E-state index contributed by atoms with van der Waals surface area (Å²) in [6.07, 6.45) is 15.0. The van der Waals surface area contributed by atoms with Crippen LogP contribution in [0.1, 0.15) is 69.9 Å². The summed E-state index contributed by atoms with van der Waals surface area (Å²) >= 11 is 0. The van der Waals surface area contributed by atoms with Crippen molar-refractivity contribution in [3.63, 3.8) is 0 Å². The molecule has 0 saturated heterocycles. The van der Waals surface area contributed by atoms with Crippen LogP contribution in [0.5, 0.6) is 0 Å². The first-order chi connectivity index (χ1) is 43.3. The lowest BCUT2D eigenvalue weighted by Gasteiger charge is -2.31. The molecule has 0 radical (unpaired) electrons. The number of nitrogens with zero attached hydrogens (tertiary/aromatic N) is 3. The fourth-order valence-electron chi connectivity index (χ4n) is 11.7. The summed E-state index contributed by atoms with van der Waals surface area (Å²) in [4.78, 5) is 36.0. The number of fused-ring (bicyclic) bond motifs is 6. The van der Waals surface area contributed by atoms with Crippen LogP contribution in [0.3, 0.4) is 0 Å². The summed E-state index contributed by atoms with van der Waals surface area (Å²) in [5.74, 6) is -2.11. The molecule has 7 rings (SSSR count). The van der Waals surface area contributed by atoms with Gasteiger partial charge in [-0.25, -0.2) is 42.1 Å². The first-order valence-corrected chi connectivity index (χ1v) is 36.1. The normalized spacial score (nSPS) is 18.6. The Labute approximate surface area is 534 Å². The van der Waals surface area contributed by atoms with Crippen LogP contribution in [0.2, 0.25) is 0 Å². The Bertz CT molecular complexity index is 4240. The zero-order chi connectivity index (χ0) is 67.5. The van der Waals surface area contributed by atoms with Crippen molar-refractivity contribution in [2.75, 3.05) is 104 Å². The molecule has 3 amide bonds. The smallest absolute Gasteiger partial charge is 0.253 e. The van der Waals surface area contributed by atoms with Crippen LogP contribution >= 0.6 is 0 Å². The number of unbranched alkanes of at least 4 members (excludes halogenated alkanes) is 2. The van der Waals surface area contributed by atoms with E-state index in [4.69, 9.17) is 23.7 Å². The SMILES string of the molecule is COCCOCCOCCOCCC1(C)C(C=CC=CC=CC=C2N(CCOC)c3cc(S(=O)(=O)[O-])c4ccc(S(=O)(=O)[O-])cc4c3C2(C)CCCS(=O)(=O)[O-])=[N+](CCCCCC(=O)NCCN2C(=O)C=CC2=O)c2ccc3c(S(=O)(=O)[O-])cc(S(=O)(=O)[O-])cc3c21. The molecule has 3 aliphatic rings. The van der Waals surface area contributed by atoms with Gasteiger partial charge in [-0.1, -0.05) is 36.4 Å². The second-order valence-electron chi connectivity index (χ2n) is 22.1. The molecule has 92 heavy (non-hydrogen) atoms. The molecule has 0 aromatic heterocycles. The minimum Gasteiger partial charge on any atom is -0.748 e. The van der Waals surface area contributed by atoms with Crippen molar-refractivity contribution in [1.82, 2.24) is 10.2 Å². The third-order valence-corrected chi connectivity index (χ3v) is 20.1. The van der Waals surface area contributed by atoms with E-state index in [2.05, 4.69) is 5.32 Å². The average Bonchev–Trinajstić information content (AvgIpc) is 1.52. The molecule has 3 heterocycles. The molecule has 4 aromatic rings. The van der Waals surface area contributed by atoms with E-state index in [1.54, 1.807) is 67.5 Å². The molecule has 502 valence electrons. The average molecular weight is 1380 g/mol. The number of hydrogen-bond acceptors (Lipinski definition) is 24. The van der Waals surface area contributed by atoms with Crippen LogP contribution in [0.4, 0.5) is 11.4 Å². The maximum absolute atomic E-state index is 12.9. The Hall–Kier alpha value is -6.47. The van der Waals surface area contributed by atoms with E-state index in [0.717, 1.165) is 47.4 Å². The quantitative estimate of drug-likeness (QED) is 0.0221. The molecule has 3 aliphatic heterocycles. The van der Waals surface area contributed by atoms with Crippen molar-refractivity contribution in [3.8, 4) is 0 Å². The summed E-state index contributed by atoms with van der Waals surface area (Å²) in [6, 6.07) is 8.49. The lowest BCUT2D eigenvalue weighted by Crippen LogP contribution is -2.38. The zero-order valence-electron chi connectivity index (χ0n) is 50.7. The van der Waals surface area contributed by atoms with Gasteiger partial charge in [-0.05, 0) is 110 Å². The highest BCUT2D eigenvalue weighted by Crippen LogP contribution is 2.55. The molecule has 1 N–H and O–H groups in total. The first kappa shape index (κ1) is 72.9. The van der Waals surface area contributed by atoms with Gasteiger partial charge in [0.15, 0.2) is 5.71 Å². The van der Waals surface area contributed by atoms with Crippen LogP contribution in [0.25, 0.3) is 21.5 Å². The van der Waals surface area contributed by atoms with Gasteiger partial charge in [0.05, 0.1) is 81.4 Å². The maximum Gasteiger partial charge on any atom is 0.253 e. The molecular formula is C60H70N4O23S5-4. The van der Waals surface area contributed by atoms with Crippen molar-refractivity contribution in [2.24, 2.45) is 0 Å². The minimum atomic E-state index is -5.40. The number of amides is 3. The molecule has 0 saturated carbocycles. The third-order valence-electron chi connectivity index (χ3n) is 15.9. The molecule has 0 bridgehead atoms. The van der Waals surface area contributed by atoms with E-state index in [-0.39, 0.29) is 124 Å². The standard InChI is InChI=1S/C60H74N4O23S5/c1-59(23-13-37-88(68,69)70)52(63(28-30-83-3)49-41-51(92(80,81)82)44-18-17-42(89(71,72)73)38-46(44)58(49)59)14-9-6-5-7-10-15-53-60(2,24-29-85-33-34-87-36-35-86-32-31-84-4)57-47-39-43(90(74,75)76)40-50(91(77,78)79)45(47)19-20-48(57)62(53)26-12-8-11-16-54(65)61-25-27-64-55(66)21-22-56(64)67/h5-7,9-10,14-15,17-22,38-41H,8,11-13,16,23-37H2,1-4H3,(H5-,61,65,68,69,70,71,72,73,74,75,76,77,78,79,80,81,82)/p-4. The van der Waals surface area contributed by atoms with Crippen molar-refractivity contribution in [1.29, 1.82) is 0 Å². The van der Waals surface area contributed by atoms with Gasteiger partial charge >= 0.3 is 0 Å². The van der Waals surface area contributed by atoms with E-state index >= 15 is 0 Å². The van der Waals surface area contributed by atoms with Gasteiger partial charge in [-0.2, -0.15) is 4.58 Å². The Morgan fingerprint density at radius 2 is 1.13 bits per heavy atom. The number of ether oxygens (including phenoxy) is 5. The first-order valence-electron chi connectivity index (χ1n) is 28.9. The number of anilines is 1. The lowest BCUT2D eigenvalue weighted by molar-refractivity contribution is -0.438. The Morgan fingerprint density at radius 1 is 0.565 bits per heavy atom. The van der Waals surface area contributed by atoms with Crippen LogP contribution in [0, 0.1) is 0 Å². The Morgan fingerprint density at radius 3 is 1.74 bits per heavy atom. The number of methoxy groups -OCH3 is 2. The number of rotatable bonds is 36. The van der Waals surface area contributed by atoms with Gasteiger partial charge in [-0.15, -0.1) is 0 Å². The minimum absolute atomic E-state index is 0.00122. The highest BCUT2D eigenvalue weighted by Gasteiger charge is 2.49. The number of hydrogen-bond donors (Lipinski definition) is 1. The molecule has 32 heteroatoms. The van der Waals surface area contributed by atoms with Crippen molar-refractivity contribution >= 4 is 107 Å². The molecule has 0 spiro atoms. The highest BCUT2D eigenvalue weighted by atomic mass is 32.2. The van der Waals surface area contributed by atoms with E-state index in [9.17, 15) is 79.2 Å². The van der Waals surface area contributed by atoms with E-state index in [1.807, 2.05) is 11.5 Å². The number of nitrogens with one attached hydrogen (secondary N) is 1. The van der Waals surface area contributed by atoms with E-state index in [1.165, 1.54) is 13.2 Å². The third kappa shape index (κ3) is 17.9. The molecule has 4 aromatic carbocycles. The van der Waals surface area contributed by atoms with Gasteiger partial charge in [0, 0.05) is 111 Å². The Balaban J connectivity index is 1.28. The predicted octanol–water partition coefficient (Wildman–Crippen LogP) is 3.96. The number of benzene rings is 4. The Kier molecular flexibility index (Phi) is 24.4. The van der Waals surface area contributed by atoms with E-state index in [0.29, 0.717) is 67.8 Å². The molecule has 2 unspecified atom stereocenters. The molecule has 0 aliphatic carbocycles. The summed E-state index contributed by atoms with van der Waals surface area (Å²) in [5.41, 5.74) is -0.476. The number of carbonyl (C=O) groups is 3. The second-order valence-corrected chi connectivity index (χ2v) is 29.0. The zero-order valence-corrected chi connectivity index (χ0v) is 54.8.